The minimum atomic E-state index is -3.76. The van der Waals surface area contributed by atoms with E-state index in [0.717, 1.165) is 12.1 Å². The molecule has 168 valence electrons. The number of carbonyl (C=O) groups is 2. The highest BCUT2D eigenvalue weighted by Gasteiger charge is 2.26. The molecule has 1 N–H and O–H groups in total. The molecule has 0 radical (unpaired) electrons. The van der Waals surface area contributed by atoms with Gasteiger partial charge in [-0.15, -0.1) is 0 Å². The Morgan fingerprint density at radius 1 is 1.26 bits per heavy atom. The van der Waals surface area contributed by atoms with Crippen LogP contribution in [0.15, 0.2) is 35.4 Å². The first-order valence-electron chi connectivity index (χ1n) is 9.08. The van der Waals surface area contributed by atoms with Gasteiger partial charge in [-0.05, 0) is 12.1 Å². The van der Waals surface area contributed by atoms with Gasteiger partial charge in [-0.1, -0.05) is 25.4 Å². The average molecular weight is 473 g/mol. The second-order valence-corrected chi connectivity index (χ2v) is 8.65. The maximum Gasteiger partial charge on any atom is 0.355 e. The van der Waals surface area contributed by atoms with Crippen LogP contribution < -0.4 is 5.32 Å². The number of nitrogens with zero attached hydrogens (tertiary/aromatic N) is 3. The summed E-state index contributed by atoms with van der Waals surface area (Å²) < 4.78 is 32.7. The minimum Gasteiger partial charge on any atom is -0.451 e. The van der Waals surface area contributed by atoms with Gasteiger partial charge in [0.15, 0.2) is 6.61 Å². The molecule has 0 saturated heterocycles. The molecule has 2 rings (SSSR count). The molecule has 0 bridgehead atoms. The minimum absolute atomic E-state index is 0.0492. The molecule has 1 amide bonds. The van der Waals surface area contributed by atoms with Crippen molar-refractivity contribution >= 4 is 44.9 Å². The molecule has 0 aliphatic rings. The summed E-state index contributed by atoms with van der Waals surface area (Å²) in [6.07, 6.45) is 1.29. The highest BCUT2D eigenvalue weighted by atomic mass is 35.5. The van der Waals surface area contributed by atoms with Gasteiger partial charge in [-0.3, -0.25) is 14.9 Å². The molecule has 2 aromatic rings. The van der Waals surface area contributed by atoms with Crippen LogP contribution in [0.2, 0.25) is 5.02 Å². The van der Waals surface area contributed by atoms with Gasteiger partial charge in [0.25, 0.3) is 11.6 Å². The second kappa shape index (κ2) is 9.90. The lowest BCUT2D eigenvalue weighted by Gasteiger charge is -2.17. The lowest BCUT2D eigenvalue weighted by Crippen LogP contribution is -2.30. The number of esters is 1. The molecule has 11 nitrogen and oxygen atoms in total. The third-order valence-electron chi connectivity index (χ3n) is 4.30. The van der Waals surface area contributed by atoms with Gasteiger partial charge in [-0.2, -0.15) is 4.31 Å². The predicted octanol–water partition coefficient (Wildman–Crippen LogP) is 2.41. The van der Waals surface area contributed by atoms with Crippen molar-refractivity contribution in [3.63, 3.8) is 0 Å². The van der Waals surface area contributed by atoms with Crippen molar-refractivity contribution in [3.05, 3.63) is 51.3 Å². The maximum absolute atomic E-state index is 12.6. The average Bonchev–Trinajstić information content (AvgIpc) is 3.11. The van der Waals surface area contributed by atoms with Gasteiger partial charge in [0.1, 0.15) is 10.6 Å². The Hall–Kier alpha value is -2.96. The third-order valence-corrected chi connectivity index (χ3v) is 6.63. The monoisotopic (exact) mass is 472 g/mol. The number of aryl methyl sites for hydroxylation is 1. The maximum atomic E-state index is 12.6. The number of hydrogen-bond donors (Lipinski definition) is 1. The number of non-ortho nitro benzene ring substituents is 1. The van der Waals surface area contributed by atoms with Crippen molar-refractivity contribution in [2.45, 2.75) is 18.7 Å². The standard InChI is InChI=1S/C18H21ClN4O7S/c1-4-22(5-2)31(28,29)13-9-16(21(3)10-13)18(25)30-11-17(24)20-15-7-6-12(23(26)27)8-14(15)19/h6-10H,4-5,11H2,1-3H3,(H,20,24). The van der Waals surface area contributed by atoms with E-state index in [4.69, 9.17) is 16.3 Å². The first kappa shape index (κ1) is 24.3. The molecule has 0 unspecified atom stereocenters. The Kier molecular flexibility index (Phi) is 7.76. The van der Waals surface area contributed by atoms with Crippen molar-refractivity contribution in [1.82, 2.24) is 8.87 Å². The molecule has 0 atom stereocenters. The van der Waals surface area contributed by atoms with Crippen molar-refractivity contribution in [3.8, 4) is 0 Å². The van der Waals surface area contributed by atoms with Crippen LogP contribution in [0.4, 0.5) is 11.4 Å². The number of rotatable bonds is 9. The molecule has 0 fully saturated rings. The van der Waals surface area contributed by atoms with Gasteiger partial charge in [0.2, 0.25) is 10.0 Å². The molecule has 13 heteroatoms. The smallest absolute Gasteiger partial charge is 0.355 e. The number of ether oxygens (including phenoxy) is 1. The zero-order valence-corrected chi connectivity index (χ0v) is 18.6. The van der Waals surface area contributed by atoms with E-state index in [-0.39, 0.29) is 40.1 Å². The summed E-state index contributed by atoms with van der Waals surface area (Å²) in [7, 11) is -2.28. The van der Waals surface area contributed by atoms with E-state index in [1.54, 1.807) is 13.8 Å². The molecule has 31 heavy (non-hydrogen) atoms. The summed E-state index contributed by atoms with van der Waals surface area (Å²) in [4.78, 5) is 34.4. The van der Waals surface area contributed by atoms with Crippen LogP contribution in [0.5, 0.6) is 0 Å². The third kappa shape index (κ3) is 5.60. The molecule has 0 spiro atoms. The molecule has 0 saturated carbocycles. The Morgan fingerprint density at radius 3 is 2.45 bits per heavy atom. The van der Waals surface area contributed by atoms with Gasteiger partial charge < -0.3 is 14.6 Å². The zero-order chi connectivity index (χ0) is 23.3. The normalized spacial score (nSPS) is 11.4. The van der Waals surface area contributed by atoms with E-state index in [1.165, 1.54) is 34.2 Å². The SMILES string of the molecule is CCN(CC)S(=O)(=O)c1cc(C(=O)OCC(=O)Nc2ccc([N+](=O)[O-])cc2Cl)n(C)c1. The molecule has 1 aromatic carbocycles. The lowest BCUT2D eigenvalue weighted by atomic mass is 10.3. The number of anilines is 1. The zero-order valence-electron chi connectivity index (χ0n) is 17.0. The number of amides is 1. The number of halogens is 1. The second-order valence-electron chi connectivity index (χ2n) is 6.31. The van der Waals surface area contributed by atoms with E-state index in [0.29, 0.717) is 0 Å². The van der Waals surface area contributed by atoms with Gasteiger partial charge in [0.05, 0.1) is 15.6 Å². The van der Waals surface area contributed by atoms with Gasteiger partial charge in [-0.25, -0.2) is 13.2 Å². The van der Waals surface area contributed by atoms with Crippen LogP contribution in [0, 0.1) is 10.1 Å². The largest absolute Gasteiger partial charge is 0.451 e. The number of benzene rings is 1. The predicted molar refractivity (Wildman–Crippen MR) is 113 cm³/mol. The Morgan fingerprint density at radius 2 is 1.90 bits per heavy atom. The van der Waals surface area contributed by atoms with Crippen LogP contribution in [0.3, 0.4) is 0 Å². The number of nitro groups is 1. The van der Waals surface area contributed by atoms with E-state index in [1.807, 2.05) is 0 Å². The highest BCUT2D eigenvalue weighted by Crippen LogP contribution is 2.26. The highest BCUT2D eigenvalue weighted by molar-refractivity contribution is 7.89. The van der Waals surface area contributed by atoms with E-state index in [2.05, 4.69) is 5.32 Å². The molecule has 0 aliphatic carbocycles. The number of hydrogen-bond acceptors (Lipinski definition) is 7. The number of sulfonamides is 1. The van der Waals surface area contributed by atoms with Crippen LogP contribution >= 0.6 is 11.6 Å². The molecule has 1 heterocycles. The van der Waals surface area contributed by atoms with Crippen LogP contribution in [0.25, 0.3) is 0 Å². The van der Waals surface area contributed by atoms with E-state index in [9.17, 15) is 28.1 Å². The van der Waals surface area contributed by atoms with Gasteiger partial charge >= 0.3 is 5.97 Å². The van der Waals surface area contributed by atoms with E-state index < -0.39 is 33.4 Å². The fraction of sp³-hybridized carbons (Fsp3) is 0.333. The Labute approximate surface area is 183 Å². The lowest BCUT2D eigenvalue weighted by molar-refractivity contribution is -0.384. The quantitative estimate of drug-likeness (QED) is 0.335. The summed E-state index contributed by atoms with van der Waals surface area (Å²) in [5, 5.41) is 13.0. The first-order chi connectivity index (χ1) is 14.5. The van der Waals surface area contributed by atoms with Crippen molar-refractivity contribution in [2.75, 3.05) is 25.0 Å². The molecular weight excluding hydrogens is 452 g/mol. The van der Waals surface area contributed by atoms with E-state index >= 15 is 0 Å². The fourth-order valence-electron chi connectivity index (χ4n) is 2.70. The summed E-state index contributed by atoms with van der Waals surface area (Å²) in [6.45, 7) is 3.29. The van der Waals surface area contributed by atoms with Crippen molar-refractivity contribution < 1.29 is 27.7 Å². The Balaban J connectivity index is 2.06. The topological polar surface area (TPSA) is 141 Å². The van der Waals surface area contributed by atoms with Crippen molar-refractivity contribution in [1.29, 1.82) is 0 Å². The van der Waals surface area contributed by atoms with Crippen molar-refractivity contribution in [2.24, 2.45) is 7.05 Å². The summed E-state index contributed by atoms with van der Waals surface area (Å²) in [6, 6.07) is 4.67. The number of nitrogens with one attached hydrogen (secondary N) is 1. The van der Waals surface area contributed by atoms with Crippen LogP contribution in [-0.2, 0) is 26.6 Å². The summed E-state index contributed by atoms with van der Waals surface area (Å²) >= 11 is 5.90. The number of aromatic nitrogens is 1. The number of carbonyl (C=O) groups excluding carboxylic acids is 2. The summed E-state index contributed by atoms with van der Waals surface area (Å²) in [5.41, 5.74) is -0.180. The summed E-state index contributed by atoms with van der Waals surface area (Å²) in [5.74, 6) is -1.62. The Bertz CT molecular complexity index is 1110. The van der Waals surface area contributed by atoms with Crippen LogP contribution in [-0.4, -0.2) is 53.8 Å². The number of nitro benzene ring substituents is 1. The molecular formula is C18H21ClN4O7S. The first-order valence-corrected chi connectivity index (χ1v) is 10.9. The molecule has 1 aromatic heterocycles. The molecule has 0 aliphatic heterocycles. The van der Waals surface area contributed by atoms with Gasteiger partial charge in [0, 0.05) is 38.5 Å². The fourth-order valence-corrected chi connectivity index (χ4v) is 4.45. The van der Waals surface area contributed by atoms with Crippen LogP contribution in [0.1, 0.15) is 24.3 Å².